The van der Waals surface area contributed by atoms with Crippen LogP contribution in [0.1, 0.15) is 24.1 Å². The molecule has 0 unspecified atom stereocenters. The van der Waals surface area contributed by atoms with Gasteiger partial charge in [0, 0.05) is 24.6 Å². The standard InChI is InChI=1S/C14H18ClN3OS/c1-9-7-11-12(17-14(15)18-13(11)20-9)16-5-2-6-19-8-10-3-4-10/h7,10H,2-6,8H2,1H3,(H,16,17,18). The Morgan fingerprint density at radius 3 is 3.10 bits per heavy atom. The second-order valence-corrected chi connectivity index (χ2v) is 6.79. The van der Waals surface area contributed by atoms with Crippen molar-refractivity contribution >= 4 is 39.0 Å². The number of nitrogens with one attached hydrogen (secondary N) is 1. The molecule has 20 heavy (non-hydrogen) atoms. The van der Waals surface area contributed by atoms with Crippen molar-refractivity contribution in [3.63, 3.8) is 0 Å². The number of hydrogen-bond donors (Lipinski definition) is 1. The summed E-state index contributed by atoms with van der Waals surface area (Å²) in [5.74, 6) is 1.66. The van der Waals surface area contributed by atoms with Gasteiger partial charge in [-0.25, -0.2) is 9.97 Å². The number of rotatable bonds is 7. The SMILES string of the molecule is Cc1cc2c(NCCCOCC3CC3)nc(Cl)nc2s1. The predicted molar refractivity (Wildman–Crippen MR) is 83.8 cm³/mol. The molecule has 1 fully saturated rings. The van der Waals surface area contributed by atoms with Gasteiger partial charge in [0.2, 0.25) is 5.28 Å². The molecule has 2 aromatic rings. The van der Waals surface area contributed by atoms with E-state index in [1.807, 2.05) is 0 Å². The molecule has 0 aromatic carbocycles. The van der Waals surface area contributed by atoms with E-state index in [-0.39, 0.29) is 0 Å². The van der Waals surface area contributed by atoms with E-state index in [4.69, 9.17) is 16.3 Å². The lowest BCUT2D eigenvalue weighted by atomic mass is 10.3. The summed E-state index contributed by atoms with van der Waals surface area (Å²) in [6, 6.07) is 2.10. The Morgan fingerprint density at radius 2 is 2.30 bits per heavy atom. The lowest BCUT2D eigenvalue weighted by Crippen LogP contribution is -2.08. The van der Waals surface area contributed by atoms with Crippen molar-refractivity contribution in [2.45, 2.75) is 26.2 Å². The van der Waals surface area contributed by atoms with Crippen molar-refractivity contribution in [3.05, 3.63) is 16.2 Å². The maximum absolute atomic E-state index is 5.96. The minimum Gasteiger partial charge on any atom is -0.381 e. The molecule has 0 amide bonds. The maximum Gasteiger partial charge on any atom is 0.225 e. The first-order valence-electron chi connectivity index (χ1n) is 6.97. The third-order valence-corrected chi connectivity index (χ3v) is 4.41. The fourth-order valence-electron chi connectivity index (χ4n) is 2.07. The van der Waals surface area contributed by atoms with Crippen LogP contribution in [0, 0.1) is 12.8 Å². The van der Waals surface area contributed by atoms with Crippen LogP contribution in [0.3, 0.4) is 0 Å². The maximum atomic E-state index is 5.96. The van der Waals surface area contributed by atoms with Gasteiger partial charge in [-0.05, 0) is 49.8 Å². The summed E-state index contributed by atoms with van der Waals surface area (Å²) < 4.78 is 5.61. The zero-order valence-corrected chi connectivity index (χ0v) is 13.1. The van der Waals surface area contributed by atoms with Crippen LogP contribution in [0.4, 0.5) is 5.82 Å². The van der Waals surface area contributed by atoms with Crippen molar-refractivity contribution in [3.8, 4) is 0 Å². The zero-order valence-electron chi connectivity index (χ0n) is 11.5. The average Bonchev–Trinajstić information content (AvgIpc) is 3.14. The van der Waals surface area contributed by atoms with Crippen LogP contribution in [0.5, 0.6) is 0 Å². The van der Waals surface area contributed by atoms with Gasteiger partial charge < -0.3 is 10.1 Å². The van der Waals surface area contributed by atoms with E-state index >= 15 is 0 Å². The predicted octanol–water partition coefficient (Wildman–Crippen LogP) is 3.88. The van der Waals surface area contributed by atoms with Crippen LogP contribution in [-0.4, -0.2) is 29.7 Å². The van der Waals surface area contributed by atoms with E-state index in [1.165, 1.54) is 17.7 Å². The van der Waals surface area contributed by atoms with E-state index < -0.39 is 0 Å². The van der Waals surface area contributed by atoms with E-state index in [2.05, 4.69) is 28.3 Å². The Labute approximate surface area is 127 Å². The van der Waals surface area contributed by atoms with Crippen LogP contribution in [0.15, 0.2) is 6.07 Å². The first-order chi connectivity index (χ1) is 9.72. The van der Waals surface area contributed by atoms with Gasteiger partial charge in [-0.1, -0.05) is 0 Å². The molecule has 3 rings (SSSR count). The largest absolute Gasteiger partial charge is 0.381 e. The summed E-state index contributed by atoms with van der Waals surface area (Å²) in [7, 11) is 0. The smallest absolute Gasteiger partial charge is 0.225 e. The summed E-state index contributed by atoms with van der Waals surface area (Å²) >= 11 is 7.59. The second kappa shape index (κ2) is 6.24. The molecule has 6 heteroatoms. The molecule has 0 saturated heterocycles. The van der Waals surface area contributed by atoms with E-state index in [9.17, 15) is 0 Å². The topological polar surface area (TPSA) is 47.0 Å². The van der Waals surface area contributed by atoms with Crippen molar-refractivity contribution in [1.82, 2.24) is 9.97 Å². The summed E-state index contributed by atoms with van der Waals surface area (Å²) in [4.78, 5) is 10.7. The van der Waals surface area contributed by atoms with Gasteiger partial charge in [-0.3, -0.25) is 0 Å². The number of anilines is 1. The van der Waals surface area contributed by atoms with Gasteiger partial charge in [-0.2, -0.15) is 0 Å². The number of aromatic nitrogens is 2. The number of nitrogens with zero attached hydrogens (tertiary/aromatic N) is 2. The van der Waals surface area contributed by atoms with Crippen LogP contribution in [0.25, 0.3) is 10.2 Å². The van der Waals surface area contributed by atoms with Crippen LogP contribution >= 0.6 is 22.9 Å². The quantitative estimate of drug-likeness (QED) is 0.622. The summed E-state index contributed by atoms with van der Waals surface area (Å²) in [5.41, 5.74) is 0. The van der Waals surface area contributed by atoms with Crippen LogP contribution < -0.4 is 5.32 Å². The van der Waals surface area contributed by atoms with Crippen molar-refractivity contribution < 1.29 is 4.74 Å². The fraction of sp³-hybridized carbons (Fsp3) is 0.571. The number of fused-ring (bicyclic) bond motifs is 1. The lowest BCUT2D eigenvalue weighted by Gasteiger charge is -2.07. The van der Waals surface area contributed by atoms with Gasteiger partial charge >= 0.3 is 0 Å². The number of thiophene rings is 1. The Kier molecular flexibility index (Phi) is 4.38. The van der Waals surface area contributed by atoms with Crippen LogP contribution in [0.2, 0.25) is 5.28 Å². The highest BCUT2D eigenvalue weighted by Crippen LogP contribution is 2.30. The number of hydrogen-bond acceptors (Lipinski definition) is 5. The third-order valence-electron chi connectivity index (χ3n) is 3.30. The van der Waals surface area contributed by atoms with Crippen molar-refractivity contribution in [2.24, 2.45) is 5.92 Å². The molecule has 0 bridgehead atoms. The van der Waals surface area contributed by atoms with Gasteiger partial charge in [0.25, 0.3) is 0 Å². The van der Waals surface area contributed by atoms with Gasteiger partial charge in [0.15, 0.2) is 0 Å². The molecular formula is C14H18ClN3OS. The zero-order chi connectivity index (χ0) is 13.9. The molecule has 0 spiro atoms. The Morgan fingerprint density at radius 1 is 1.45 bits per heavy atom. The molecule has 0 radical (unpaired) electrons. The molecule has 2 heterocycles. The first kappa shape index (κ1) is 14.0. The minimum absolute atomic E-state index is 0.298. The van der Waals surface area contributed by atoms with Gasteiger partial charge in [0.1, 0.15) is 10.6 Å². The van der Waals surface area contributed by atoms with Crippen LogP contribution in [-0.2, 0) is 4.74 Å². The fourth-order valence-corrected chi connectivity index (χ4v) is 3.16. The number of aryl methyl sites for hydroxylation is 1. The monoisotopic (exact) mass is 311 g/mol. The molecule has 1 aliphatic carbocycles. The molecule has 2 aromatic heterocycles. The number of halogens is 1. The van der Waals surface area contributed by atoms with E-state index in [1.54, 1.807) is 11.3 Å². The molecule has 4 nitrogen and oxygen atoms in total. The highest BCUT2D eigenvalue weighted by Gasteiger charge is 2.20. The lowest BCUT2D eigenvalue weighted by molar-refractivity contribution is 0.124. The highest BCUT2D eigenvalue weighted by atomic mass is 35.5. The third kappa shape index (κ3) is 3.59. The summed E-state index contributed by atoms with van der Waals surface area (Å²) in [6.07, 6.45) is 3.65. The minimum atomic E-state index is 0.298. The molecule has 0 atom stereocenters. The molecule has 108 valence electrons. The van der Waals surface area contributed by atoms with Gasteiger partial charge in [0.05, 0.1) is 5.39 Å². The first-order valence-corrected chi connectivity index (χ1v) is 8.17. The van der Waals surface area contributed by atoms with Gasteiger partial charge in [-0.15, -0.1) is 11.3 Å². The van der Waals surface area contributed by atoms with E-state index in [0.29, 0.717) is 5.28 Å². The summed E-state index contributed by atoms with van der Waals surface area (Å²) in [6.45, 7) is 4.62. The summed E-state index contributed by atoms with van der Waals surface area (Å²) in [5, 5.41) is 4.69. The second-order valence-electron chi connectivity index (χ2n) is 5.22. The molecule has 0 aliphatic heterocycles. The Bertz CT molecular complexity index is 597. The molecule has 1 N–H and O–H groups in total. The normalized spacial score (nSPS) is 14.9. The van der Waals surface area contributed by atoms with Crippen molar-refractivity contribution in [1.29, 1.82) is 0 Å². The molecular weight excluding hydrogens is 294 g/mol. The average molecular weight is 312 g/mol. The van der Waals surface area contributed by atoms with Crippen molar-refractivity contribution in [2.75, 3.05) is 25.1 Å². The Balaban J connectivity index is 1.53. The number of ether oxygens (including phenoxy) is 1. The Hall–Kier alpha value is -0.910. The van der Waals surface area contributed by atoms with E-state index in [0.717, 1.165) is 48.1 Å². The highest BCUT2D eigenvalue weighted by molar-refractivity contribution is 7.18. The molecule has 1 saturated carbocycles. The molecule has 1 aliphatic rings.